The first-order chi connectivity index (χ1) is 8.42. The van der Waals surface area contributed by atoms with Crippen molar-refractivity contribution in [2.45, 2.75) is 46.0 Å². The summed E-state index contributed by atoms with van der Waals surface area (Å²) >= 11 is 0. The van der Waals surface area contributed by atoms with Gasteiger partial charge in [0.15, 0.2) is 0 Å². The van der Waals surface area contributed by atoms with Gasteiger partial charge in [-0.25, -0.2) is 4.79 Å². The standard InChI is InChI=1S/C13H24N2O3/c1-13(2,10-5-3-4-6-10)9-15-12(18)14-8-7-11(16)17/h10H,3-9H2,1-2H3,(H,16,17)(H2,14,15,18). The van der Waals surface area contributed by atoms with Crippen LogP contribution in [0.1, 0.15) is 46.0 Å². The number of nitrogens with one attached hydrogen (secondary N) is 2. The van der Waals surface area contributed by atoms with Gasteiger partial charge in [0, 0.05) is 13.1 Å². The van der Waals surface area contributed by atoms with Crippen LogP contribution in [0.3, 0.4) is 0 Å². The zero-order valence-electron chi connectivity index (χ0n) is 11.3. The van der Waals surface area contributed by atoms with Crippen LogP contribution in [0.5, 0.6) is 0 Å². The van der Waals surface area contributed by atoms with E-state index in [0.29, 0.717) is 12.5 Å². The molecule has 0 unspecified atom stereocenters. The number of rotatable bonds is 6. The summed E-state index contributed by atoms with van der Waals surface area (Å²) in [5.41, 5.74) is 0.112. The largest absolute Gasteiger partial charge is 0.481 e. The normalized spacial score (nSPS) is 16.6. The number of urea groups is 1. The molecule has 0 aromatic carbocycles. The maximum atomic E-state index is 11.5. The summed E-state index contributed by atoms with van der Waals surface area (Å²) in [5, 5.41) is 13.8. The van der Waals surface area contributed by atoms with Crippen LogP contribution in [0, 0.1) is 11.3 Å². The molecule has 3 N–H and O–H groups in total. The Hall–Kier alpha value is -1.26. The summed E-state index contributed by atoms with van der Waals surface area (Å²) in [7, 11) is 0. The molecule has 1 fully saturated rings. The van der Waals surface area contributed by atoms with Crippen molar-refractivity contribution in [2.75, 3.05) is 13.1 Å². The molecule has 5 heteroatoms. The average Bonchev–Trinajstić information content (AvgIpc) is 2.80. The Balaban J connectivity index is 2.22. The van der Waals surface area contributed by atoms with Gasteiger partial charge in [0.25, 0.3) is 0 Å². The minimum absolute atomic E-state index is 0.0422. The lowest BCUT2D eigenvalue weighted by Crippen LogP contribution is -2.43. The van der Waals surface area contributed by atoms with E-state index in [1.807, 2.05) is 0 Å². The topological polar surface area (TPSA) is 78.4 Å². The average molecular weight is 256 g/mol. The molecular weight excluding hydrogens is 232 g/mol. The predicted molar refractivity (Wildman–Crippen MR) is 69.4 cm³/mol. The first-order valence-electron chi connectivity index (χ1n) is 6.65. The predicted octanol–water partition coefficient (Wildman–Crippen LogP) is 1.98. The highest BCUT2D eigenvalue weighted by Gasteiger charge is 2.31. The monoisotopic (exact) mass is 256 g/mol. The number of carbonyl (C=O) groups is 2. The van der Waals surface area contributed by atoms with Gasteiger partial charge in [-0.3, -0.25) is 4.79 Å². The molecule has 1 aliphatic rings. The molecule has 18 heavy (non-hydrogen) atoms. The Morgan fingerprint density at radius 3 is 2.39 bits per heavy atom. The van der Waals surface area contributed by atoms with Crippen LogP contribution in [-0.2, 0) is 4.79 Å². The molecule has 1 aliphatic carbocycles. The fraction of sp³-hybridized carbons (Fsp3) is 0.846. The molecule has 0 atom stereocenters. The van der Waals surface area contributed by atoms with E-state index in [0.717, 1.165) is 0 Å². The molecule has 5 nitrogen and oxygen atoms in total. The van der Waals surface area contributed by atoms with Crippen LogP contribution in [-0.4, -0.2) is 30.2 Å². The zero-order valence-corrected chi connectivity index (χ0v) is 11.3. The zero-order chi connectivity index (χ0) is 13.6. The van der Waals surface area contributed by atoms with Gasteiger partial charge in [0.05, 0.1) is 6.42 Å². The van der Waals surface area contributed by atoms with Crippen LogP contribution in [0.2, 0.25) is 0 Å². The van der Waals surface area contributed by atoms with E-state index in [9.17, 15) is 9.59 Å². The highest BCUT2D eigenvalue weighted by Crippen LogP contribution is 2.38. The lowest BCUT2D eigenvalue weighted by atomic mass is 9.78. The first kappa shape index (κ1) is 14.8. The minimum atomic E-state index is -0.901. The van der Waals surface area contributed by atoms with E-state index in [1.165, 1.54) is 25.7 Å². The number of carbonyl (C=O) groups excluding carboxylic acids is 1. The van der Waals surface area contributed by atoms with Gasteiger partial charge >= 0.3 is 12.0 Å². The van der Waals surface area contributed by atoms with Crippen LogP contribution in [0.25, 0.3) is 0 Å². The highest BCUT2D eigenvalue weighted by atomic mass is 16.4. The number of carboxylic acids is 1. The van der Waals surface area contributed by atoms with Crippen molar-refractivity contribution < 1.29 is 14.7 Å². The fourth-order valence-electron chi connectivity index (χ4n) is 2.51. The van der Waals surface area contributed by atoms with Gasteiger partial charge in [-0.15, -0.1) is 0 Å². The van der Waals surface area contributed by atoms with Gasteiger partial charge in [0.2, 0.25) is 0 Å². The maximum absolute atomic E-state index is 11.5. The lowest BCUT2D eigenvalue weighted by molar-refractivity contribution is -0.136. The molecule has 0 spiro atoms. The van der Waals surface area contributed by atoms with Crippen molar-refractivity contribution in [3.8, 4) is 0 Å². The number of aliphatic carboxylic acids is 1. The molecule has 1 saturated carbocycles. The van der Waals surface area contributed by atoms with Crippen molar-refractivity contribution >= 4 is 12.0 Å². The molecule has 0 aliphatic heterocycles. The van der Waals surface area contributed by atoms with E-state index in [-0.39, 0.29) is 24.4 Å². The van der Waals surface area contributed by atoms with Gasteiger partial charge in [-0.05, 0) is 24.2 Å². The van der Waals surface area contributed by atoms with Crippen LogP contribution in [0.4, 0.5) is 4.79 Å². The quantitative estimate of drug-likeness (QED) is 0.680. The molecule has 0 aromatic heterocycles. The van der Waals surface area contributed by atoms with Gasteiger partial charge in [0.1, 0.15) is 0 Å². The van der Waals surface area contributed by atoms with Crippen LogP contribution in [0.15, 0.2) is 0 Å². The van der Waals surface area contributed by atoms with E-state index < -0.39 is 5.97 Å². The van der Waals surface area contributed by atoms with Gasteiger partial charge in [-0.2, -0.15) is 0 Å². The third-order valence-corrected chi connectivity index (χ3v) is 3.79. The fourth-order valence-corrected chi connectivity index (χ4v) is 2.51. The third-order valence-electron chi connectivity index (χ3n) is 3.79. The van der Waals surface area contributed by atoms with E-state index in [4.69, 9.17) is 5.11 Å². The molecule has 0 radical (unpaired) electrons. The smallest absolute Gasteiger partial charge is 0.314 e. The SMILES string of the molecule is CC(C)(CNC(=O)NCCC(=O)O)C1CCCC1. The molecule has 2 amide bonds. The molecule has 0 saturated heterocycles. The van der Waals surface area contributed by atoms with E-state index >= 15 is 0 Å². The summed E-state index contributed by atoms with van der Waals surface area (Å²) in [6.45, 7) is 5.17. The number of carboxylic acid groups (broad SMARTS) is 1. The summed E-state index contributed by atoms with van der Waals surface area (Å²) in [6, 6.07) is -0.276. The Bertz CT molecular complexity index is 297. The van der Waals surface area contributed by atoms with Crippen LogP contribution < -0.4 is 10.6 Å². The Morgan fingerprint density at radius 2 is 1.83 bits per heavy atom. The van der Waals surface area contributed by atoms with E-state index in [2.05, 4.69) is 24.5 Å². The van der Waals surface area contributed by atoms with Crippen molar-refractivity contribution in [1.29, 1.82) is 0 Å². The van der Waals surface area contributed by atoms with Crippen LogP contribution >= 0.6 is 0 Å². The van der Waals surface area contributed by atoms with Gasteiger partial charge < -0.3 is 15.7 Å². The summed E-state index contributed by atoms with van der Waals surface area (Å²) < 4.78 is 0. The molecule has 104 valence electrons. The van der Waals surface area contributed by atoms with E-state index in [1.54, 1.807) is 0 Å². The van der Waals surface area contributed by atoms with Crippen molar-refractivity contribution in [3.05, 3.63) is 0 Å². The third kappa shape index (κ3) is 4.94. The molecule has 0 bridgehead atoms. The Kier molecular flexibility index (Phi) is 5.44. The highest BCUT2D eigenvalue weighted by molar-refractivity contribution is 5.74. The molecule has 0 aromatic rings. The lowest BCUT2D eigenvalue weighted by Gasteiger charge is -2.31. The number of hydrogen-bond donors (Lipinski definition) is 3. The summed E-state index contributed by atoms with van der Waals surface area (Å²) in [6.07, 6.45) is 5.03. The Labute approximate surface area is 108 Å². The second-order valence-corrected chi connectivity index (χ2v) is 5.72. The molecule has 1 rings (SSSR count). The van der Waals surface area contributed by atoms with Crippen molar-refractivity contribution in [2.24, 2.45) is 11.3 Å². The molecular formula is C13H24N2O3. The summed E-state index contributed by atoms with van der Waals surface area (Å²) in [4.78, 5) is 21.8. The second kappa shape index (κ2) is 6.61. The Morgan fingerprint density at radius 1 is 1.22 bits per heavy atom. The molecule has 0 heterocycles. The van der Waals surface area contributed by atoms with Gasteiger partial charge in [-0.1, -0.05) is 26.7 Å². The first-order valence-corrected chi connectivity index (χ1v) is 6.65. The van der Waals surface area contributed by atoms with Crippen molar-refractivity contribution in [3.63, 3.8) is 0 Å². The second-order valence-electron chi connectivity index (χ2n) is 5.72. The summed E-state index contributed by atoms with van der Waals surface area (Å²) in [5.74, 6) is -0.224. The number of amides is 2. The van der Waals surface area contributed by atoms with Crippen molar-refractivity contribution in [1.82, 2.24) is 10.6 Å². The minimum Gasteiger partial charge on any atom is -0.481 e. The number of hydrogen-bond acceptors (Lipinski definition) is 2. The maximum Gasteiger partial charge on any atom is 0.314 e.